The Kier molecular flexibility index (Phi) is 8.37. The summed E-state index contributed by atoms with van der Waals surface area (Å²) in [5, 5.41) is 12.9. The smallest absolute Gasteiger partial charge is 0.234 e. The van der Waals surface area contributed by atoms with E-state index in [4.69, 9.17) is 16.3 Å². The molecule has 6 nitrogen and oxygen atoms in total. The van der Waals surface area contributed by atoms with E-state index in [1.807, 2.05) is 49.4 Å². The third-order valence-electron chi connectivity index (χ3n) is 4.99. The number of anilines is 1. The number of thioether (sulfide) groups is 1. The highest BCUT2D eigenvalue weighted by Gasteiger charge is 2.20. The normalized spacial score (nSPS) is 11.0. The van der Waals surface area contributed by atoms with Crippen LogP contribution in [0.5, 0.6) is 5.75 Å². The Hall–Kier alpha value is -2.51. The number of halogens is 1. The second-order valence-electron chi connectivity index (χ2n) is 7.11. The topological polar surface area (TPSA) is 69.0 Å². The van der Waals surface area contributed by atoms with E-state index in [0.29, 0.717) is 15.9 Å². The third-order valence-corrected chi connectivity index (χ3v) is 6.24. The van der Waals surface area contributed by atoms with E-state index in [1.54, 1.807) is 6.07 Å². The Morgan fingerprint density at radius 1 is 1.13 bits per heavy atom. The Morgan fingerprint density at radius 3 is 2.55 bits per heavy atom. The Bertz CT molecular complexity index is 1020. The molecule has 31 heavy (non-hydrogen) atoms. The molecule has 0 saturated carbocycles. The summed E-state index contributed by atoms with van der Waals surface area (Å²) >= 11 is 7.58. The SMILES string of the molecule is CCC(CC)n1c(COc2ccccc2Cl)nnc1SCC(=O)Nc1ccccc1C. The lowest BCUT2D eigenvalue weighted by Crippen LogP contribution is -2.17. The number of ether oxygens (including phenoxy) is 1. The highest BCUT2D eigenvalue weighted by molar-refractivity contribution is 7.99. The van der Waals surface area contributed by atoms with Gasteiger partial charge in [-0.1, -0.05) is 67.5 Å². The molecule has 0 aliphatic rings. The molecule has 0 fully saturated rings. The second-order valence-corrected chi connectivity index (χ2v) is 8.46. The predicted molar refractivity (Wildman–Crippen MR) is 126 cm³/mol. The molecule has 0 unspecified atom stereocenters. The number of aryl methyl sites for hydroxylation is 1. The van der Waals surface area contributed by atoms with Gasteiger partial charge in [0.1, 0.15) is 12.4 Å². The number of aromatic nitrogens is 3. The van der Waals surface area contributed by atoms with Gasteiger partial charge in [0.05, 0.1) is 10.8 Å². The van der Waals surface area contributed by atoms with Crippen LogP contribution in [0.2, 0.25) is 5.02 Å². The van der Waals surface area contributed by atoms with E-state index >= 15 is 0 Å². The van der Waals surface area contributed by atoms with E-state index in [-0.39, 0.29) is 24.3 Å². The van der Waals surface area contributed by atoms with Crippen molar-refractivity contribution in [1.82, 2.24) is 14.8 Å². The lowest BCUT2D eigenvalue weighted by atomic mass is 10.2. The van der Waals surface area contributed by atoms with E-state index < -0.39 is 0 Å². The van der Waals surface area contributed by atoms with Gasteiger partial charge >= 0.3 is 0 Å². The highest BCUT2D eigenvalue weighted by atomic mass is 35.5. The fraction of sp³-hybridized carbons (Fsp3) is 0.348. The van der Waals surface area contributed by atoms with Gasteiger partial charge in [0, 0.05) is 11.7 Å². The summed E-state index contributed by atoms with van der Waals surface area (Å²) in [5.41, 5.74) is 1.85. The van der Waals surface area contributed by atoms with Gasteiger partial charge < -0.3 is 14.6 Å². The molecular formula is C23H27ClN4O2S. The minimum Gasteiger partial charge on any atom is -0.484 e. The molecule has 164 valence electrons. The number of hydrogen-bond donors (Lipinski definition) is 1. The fourth-order valence-electron chi connectivity index (χ4n) is 3.26. The molecule has 3 aromatic rings. The maximum absolute atomic E-state index is 12.5. The summed E-state index contributed by atoms with van der Waals surface area (Å²) in [6.07, 6.45) is 1.85. The molecule has 1 amide bonds. The van der Waals surface area contributed by atoms with Crippen LogP contribution < -0.4 is 10.1 Å². The molecule has 0 aliphatic heterocycles. The van der Waals surface area contributed by atoms with Crippen LogP contribution in [0.25, 0.3) is 0 Å². The largest absolute Gasteiger partial charge is 0.484 e. The first-order valence-corrected chi connectivity index (χ1v) is 11.7. The minimum atomic E-state index is -0.0766. The van der Waals surface area contributed by atoms with Crippen LogP contribution in [0.1, 0.15) is 44.1 Å². The third kappa shape index (κ3) is 6.02. The number of nitrogens with one attached hydrogen (secondary N) is 1. The van der Waals surface area contributed by atoms with Crippen molar-refractivity contribution in [3.8, 4) is 5.75 Å². The number of benzene rings is 2. The molecule has 1 N–H and O–H groups in total. The van der Waals surface area contributed by atoms with E-state index in [2.05, 4.69) is 33.9 Å². The Labute approximate surface area is 192 Å². The first-order chi connectivity index (χ1) is 15.0. The van der Waals surface area contributed by atoms with Crippen molar-refractivity contribution in [2.75, 3.05) is 11.1 Å². The maximum Gasteiger partial charge on any atom is 0.234 e. The molecule has 1 heterocycles. The zero-order valence-corrected chi connectivity index (χ0v) is 19.5. The molecule has 0 bridgehead atoms. The lowest BCUT2D eigenvalue weighted by molar-refractivity contribution is -0.113. The molecule has 0 radical (unpaired) electrons. The van der Waals surface area contributed by atoms with Gasteiger partial charge in [-0.05, 0) is 43.5 Å². The molecule has 1 aromatic heterocycles. The molecule has 2 aromatic carbocycles. The number of carbonyl (C=O) groups excluding carboxylic acids is 1. The number of amides is 1. The molecule has 0 spiro atoms. The minimum absolute atomic E-state index is 0.0766. The summed E-state index contributed by atoms with van der Waals surface area (Å²) in [7, 11) is 0. The van der Waals surface area contributed by atoms with Crippen molar-refractivity contribution in [1.29, 1.82) is 0 Å². The van der Waals surface area contributed by atoms with Crippen molar-refractivity contribution in [2.45, 2.75) is 51.4 Å². The van der Waals surface area contributed by atoms with Crippen LogP contribution in [0, 0.1) is 6.92 Å². The number of rotatable bonds is 10. The average molecular weight is 459 g/mol. The van der Waals surface area contributed by atoms with Gasteiger partial charge in [0.15, 0.2) is 11.0 Å². The van der Waals surface area contributed by atoms with Gasteiger partial charge in [-0.3, -0.25) is 4.79 Å². The van der Waals surface area contributed by atoms with Crippen LogP contribution in [-0.2, 0) is 11.4 Å². The standard InChI is InChI=1S/C23H27ClN4O2S/c1-4-17(5-2)28-21(14-30-20-13-9-7-11-18(20)24)26-27-23(28)31-15-22(29)25-19-12-8-6-10-16(19)3/h6-13,17H,4-5,14-15H2,1-3H3,(H,25,29). The first-order valence-electron chi connectivity index (χ1n) is 10.3. The Balaban J connectivity index is 1.71. The van der Waals surface area contributed by atoms with Crippen LogP contribution in [0.3, 0.4) is 0 Å². The quantitative estimate of drug-likeness (QED) is 0.382. The van der Waals surface area contributed by atoms with Crippen LogP contribution in [0.4, 0.5) is 5.69 Å². The molecule has 8 heteroatoms. The van der Waals surface area contributed by atoms with Crippen molar-refractivity contribution in [3.63, 3.8) is 0 Å². The van der Waals surface area contributed by atoms with E-state index in [0.717, 1.165) is 29.9 Å². The van der Waals surface area contributed by atoms with E-state index in [9.17, 15) is 4.79 Å². The van der Waals surface area contributed by atoms with Gasteiger partial charge in [-0.15, -0.1) is 10.2 Å². The number of nitrogens with zero attached hydrogens (tertiary/aromatic N) is 3. The number of hydrogen-bond acceptors (Lipinski definition) is 5. The van der Waals surface area contributed by atoms with Crippen molar-refractivity contribution in [3.05, 3.63) is 64.9 Å². The summed E-state index contributed by atoms with van der Waals surface area (Å²) in [4.78, 5) is 12.5. The van der Waals surface area contributed by atoms with E-state index in [1.165, 1.54) is 11.8 Å². The lowest BCUT2D eigenvalue weighted by Gasteiger charge is -2.19. The van der Waals surface area contributed by atoms with Gasteiger partial charge in [-0.2, -0.15) is 0 Å². The summed E-state index contributed by atoms with van der Waals surface area (Å²) in [6, 6.07) is 15.3. The highest BCUT2D eigenvalue weighted by Crippen LogP contribution is 2.28. The summed E-state index contributed by atoms with van der Waals surface area (Å²) in [5.74, 6) is 1.50. The number of carbonyl (C=O) groups is 1. The summed E-state index contributed by atoms with van der Waals surface area (Å²) in [6.45, 7) is 6.49. The monoisotopic (exact) mass is 458 g/mol. The van der Waals surface area contributed by atoms with Crippen LogP contribution in [0.15, 0.2) is 53.7 Å². The van der Waals surface area contributed by atoms with Gasteiger partial charge in [-0.25, -0.2) is 0 Å². The van der Waals surface area contributed by atoms with Crippen LogP contribution in [-0.4, -0.2) is 26.4 Å². The zero-order chi connectivity index (χ0) is 22.2. The van der Waals surface area contributed by atoms with Crippen LogP contribution >= 0.6 is 23.4 Å². The molecule has 0 aliphatic carbocycles. The first kappa shape index (κ1) is 23.2. The summed E-state index contributed by atoms with van der Waals surface area (Å²) < 4.78 is 7.98. The van der Waals surface area contributed by atoms with Gasteiger partial charge in [0.25, 0.3) is 0 Å². The second kappa shape index (κ2) is 11.2. The van der Waals surface area contributed by atoms with Crippen molar-refractivity contribution >= 4 is 35.0 Å². The zero-order valence-electron chi connectivity index (χ0n) is 18.0. The van der Waals surface area contributed by atoms with Crippen molar-refractivity contribution < 1.29 is 9.53 Å². The van der Waals surface area contributed by atoms with Gasteiger partial charge in [0.2, 0.25) is 5.91 Å². The predicted octanol–water partition coefficient (Wildman–Crippen LogP) is 5.91. The molecule has 3 rings (SSSR count). The average Bonchev–Trinajstić information content (AvgIpc) is 3.17. The van der Waals surface area contributed by atoms with Crippen molar-refractivity contribution in [2.24, 2.45) is 0 Å². The maximum atomic E-state index is 12.5. The molecule has 0 saturated heterocycles. The fourth-order valence-corrected chi connectivity index (χ4v) is 4.27. The number of para-hydroxylation sites is 2. The molecular weight excluding hydrogens is 432 g/mol. The Morgan fingerprint density at radius 2 is 1.84 bits per heavy atom. The molecule has 0 atom stereocenters.